The first-order chi connectivity index (χ1) is 12.9. The van der Waals surface area contributed by atoms with Crippen LogP contribution in [0.5, 0.6) is 11.5 Å². The van der Waals surface area contributed by atoms with E-state index in [-0.39, 0.29) is 5.70 Å². The minimum atomic E-state index is -1.23. The van der Waals surface area contributed by atoms with E-state index in [1.54, 1.807) is 42.5 Å². The zero-order valence-corrected chi connectivity index (χ0v) is 15.6. The number of nitrogens with one attached hydrogen (secondary N) is 1. The van der Waals surface area contributed by atoms with E-state index in [1.807, 2.05) is 20.8 Å². The molecule has 0 radical (unpaired) electrons. The molecule has 0 fully saturated rings. The fraction of sp³-hybridized carbons (Fsp3) is 0.238. The molecular weight excluding hydrogens is 346 g/mol. The van der Waals surface area contributed by atoms with Crippen molar-refractivity contribution in [1.82, 2.24) is 5.32 Å². The zero-order valence-electron chi connectivity index (χ0n) is 15.6. The number of aryl methyl sites for hydroxylation is 1. The Hall–Kier alpha value is -3.28. The van der Waals surface area contributed by atoms with E-state index in [2.05, 4.69) is 5.32 Å². The molecule has 0 saturated heterocycles. The molecule has 0 aliphatic heterocycles. The summed E-state index contributed by atoms with van der Waals surface area (Å²) in [5.41, 5.74) is 1.74. The average Bonchev–Trinajstić information content (AvgIpc) is 2.64. The highest BCUT2D eigenvalue weighted by atomic mass is 16.5. The van der Waals surface area contributed by atoms with Gasteiger partial charge in [-0.2, -0.15) is 0 Å². The normalized spacial score (nSPS) is 11.0. The average molecular weight is 369 g/mol. The summed E-state index contributed by atoms with van der Waals surface area (Å²) in [6, 6.07) is 12.0. The molecule has 0 aliphatic carbocycles. The number of hydrogen-bond donors (Lipinski definition) is 2. The first-order valence-corrected chi connectivity index (χ1v) is 8.67. The number of hydrogen-bond acceptors (Lipinski definition) is 4. The molecule has 27 heavy (non-hydrogen) atoms. The number of carbonyl (C=O) groups excluding carboxylic acids is 1. The van der Waals surface area contributed by atoms with Gasteiger partial charge in [0.1, 0.15) is 5.70 Å². The van der Waals surface area contributed by atoms with Crippen molar-refractivity contribution in [3.8, 4) is 11.5 Å². The second-order valence-corrected chi connectivity index (χ2v) is 5.76. The van der Waals surface area contributed by atoms with Crippen LogP contribution in [-0.2, 0) is 4.79 Å². The third-order valence-corrected chi connectivity index (χ3v) is 3.67. The SMILES string of the molecule is CCOc1ccc(C=C(NC(=O)c2ccc(C)cc2)C(=O)O)cc1OCC. The molecule has 0 bridgehead atoms. The third-order valence-electron chi connectivity index (χ3n) is 3.67. The number of ether oxygens (including phenoxy) is 2. The van der Waals surface area contributed by atoms with Gasteiger partial charge in [-0.25, -0.2) is 4.79 Å². The molecule has 1 amide bonds. The summed E-state index contributed by atoms with van der Waals surface area (Å²) in [7, 11) is 0. The van der Waals surface area contributed by atoms with Crippen molar-refractivity contribution in [2.75, 3.05) is 13.2 Å². The number of rotatable bonds is 8. The standard InChI is InChI=1S/C21H23NO5/c1-4-26-18-11-8-15(13-19(18)27-5-2)12-17(21(24)25)22-20(23)16-9-6-14(3)7-10-16/h6-13H,4-5H2,1-3H3,(H,22,23)(H,24,25). The number of carbonyl (C=O) groups is 2. The molecule has 2 N–H and O–H groups in total. The van der Waals surface area contributed by atoms with E-state index in [9.17, 15) is 14.7 Å². The van der Waals surface area contributed by atoms with Gasteiger partial charge in [-0.05, 0) is 56.7 Å². The Morgan fingerprint density at radius 1 is 1.00 bits per heavy atom. The fourth-order valence-corrected chi connectivity index (χ4v) is 2.37. The number of carboxylic acids is 1. The Balaban J connectivity index is 2.28. The van der Waals surface area contributed by atoms with Gasteiger partial charge in [-0.1, -0.05) is 23.8 Å². The minimum absolute atomic E-state index is 0.229. The maximum Gasteiger partial charge on any atom is 0.352 e. The third kappa shape index (κ3) is 5.60. The summed E-state index contributed by atoms with van der Waals surface area (Å²) in [6.45, 7) is 6.56. The maximum atomic E-state index is 12.3. The summed E-state index contributed by atoms with van der Waals surface area (Å²) in [6.07, 6.45) is 1.38. The summed E-state index contributed by atoms with van der Waals surface area (Å²) in [4.78, 5) is 23.9. The Morgan fingerprint density at radius 2 is 1.63 bits per heavy atom. The predicted octanol–water partition coefficient (Wildman–Crippen LogP) is 3.65. The highest BCUT2D eigenvalue weighted by Crippen LogP contribution is 2.29. The highest BCUT2D eigenvalue weighted by Gasteiger charge is 2.14. The Kier molecular flexibility index (Phi) is 7.00. The molecule has 0 aromatic heterocycles. The van der Waals surface area contributed by atoms with Gasteiger partial charge in [0.05, 0.1) is 13.2 Å². The van der Waals surface area contributed by atoms with Crippen LogP contribution in [0.15, 0.2) is 48.2 Å². The molecule has 142 valence electrons. The molecule has 2 aromatic carbocycles. The van der Waals surface area contributed by atoms with Gasteiger partial charge in [0.2, 0.25) is 0 Å². The molecular formula is C21H23NO5. The Bertz CT molecular complexity index is 840. The van der Waals surface area contributed by atoms with Crippen molar-refractivity contribution in [2.45, 2.75) is 20.8 Å². The van der Waals surface area contributed by atoms with Gasteiger partial charge in [0.15, 0.2) is 11.5 Å². The van der Waals surface area contributed by atoms with Crippen molar-refractivity contribution in [2.24, 2.45) is 0 Å². The van der Waals surface area contributed by atoms with Crippen molar-refractivity contribution in [1.29, 1.82) is 0 Å². The molecule has 0 saturated carbocycles. The maximum absolute atomic E-state index is 12.3. The Morgan fingerprint density at radius 3 is 2.22 bits per heavy atom. The number of benzene rings is 2. The van der Waals surface area contributed by atoms with E-state index < -0.39 is 11.9 Å². The van der Waals surface area contributed by atoms with Gasteiger partial charge >= 0.3 is 5.97 Å². The first-order valence-electron chi connectivity index (χ1n) is 8.67. The van der Waals surface area contributed by atoms with Crippen LogP contribution >= 0.6 is 0 Å². The van der Waals surface area contributed by atoms with Crippen LogP contribution in [0.2, 0.25) is 0 Å². The van der Waals surface area contributed by atoms with Gasteiger partial charge in [0, 0.05) is 5.56 Å². The molecule has 6 nitrogen and oxygen atoms in total. The second-order valence-electron chi connectivity index (χ2n) is 5.76. The largest absolute Gasteiger partial charge is 0.490 e. The van der Waals surface area contributed by atoms with E-state index in [1.165, 1.54) is 6.08 Å². The second kappa shape index (κ2) is 9.43. The van der Waals surface area contributed by atoms with Gasteiger partial charge in [-0.15, -0.1) is 0 Å². The molecule has 0 spiro atoms. The minimum Gasteiger partial charge on any atom is -0.490 e. The van der Waals surface area contributed by atoms with Gasteiger partial charge in [0.25, 0.3) is 5.91 Å². The van der Waals surface area contributed by atoms with E-state index >= 15 is 0 Å². The molecule has 6 heteroatoms. The van der Waals surface area contributed by atoms with Gasteiger partial charge in [-0.3, -0.25) is 4.79 Å². The lowest BCUT2D eigenvalue weighted by Gasteiger charge is -2.12. The summed E-state index contributed by atoms with van der Waals surface area (Å²) >= 11 is 0. The molecule has 2 rings (SSSR count). The lowest BCUT2D eigenvalue weighted by Crippen LogP contribution is -2.27. The monoisotopic (exact) mass is 369 g/mol. The molecule has 0 atom stereocenters. The highest BCUT2D eigenvalue weighted by molar-refractivity contribution is 6.02. The van der Waals surface area contributed by atoms with E-state index in [0.717, 1.165) is 5.56 Å². The Labute approximate surface area is 158 Å². The molecule has 0 heterocycles. The van der Waals surface area contributed by atoms with Crippen LogP contribution in [0.4, 0.5) is 0 Å². The van der Waals surface area contributed by atoms with Crippen LogP contribution in [-0.4, -0.2) is 30.2 Å². The van der Waals surface area contributed by atoms with Crippen LogP contribution < -0.4 is 14.8 Å². The van der Waals surface area contributed by atoms with Crippen molar-refractivity contribution >= 4 is 18.0 Å². The predicted molar refractivity (Wildman–Crippen MR) is 103 cm³/mol. The number of aliphatic carboxylic acids is 1. The smallest absolute Gasteiger partial charge is 0.352 e. The van der Waals surface area contributed by atoms with E-state index in [0.29, 0.717) is 35.8 Å². The number of carboxylic acid groups (broad SMARTS) is 1. The summed E-state index contributed by atoms with van der Waals surface area (Å²) < 4.78 is 11.0. The summed E-state index contributed by atoms with van der Waals surface area (Å²) in [5.74, 6) is -0.623. The lowest BCUT2D eigenvalue weighted by atomic mass is 10.1. The quantitative estimate of drug-likeness (QED) is 0.694. The van der Waals surface area contributed by atoms with Crippen molar-refractivity contribution < 1.29 is 24.2 Å². The fourth-order valence-electron chi connectivity index (χ4n) is 2.37. The number of amides is 1. The molecule has 0 aliphatic rings. The van der Waals surface area contributed by atoms with Crippen molar-refractivity contribution in [3.05, 3.63) is 64.9 Å². The van der Waals surface area contributed by atoms with Crippen LogP contribution in [0.1, 0.15) is 35.3 Å². The zero-order chi connectivity index (χ0) is 19.8. The van der Waals surface area contributed by atoms with Crippen LogP contribution in [0.3, 0.4) is 0 Å². The molecule has 2 aromatic rings. The van der Waals surface area contributed by atoms with Crippen LogP contribution in [0.25, 0.3) is 6.08 Å². The van der Waals surface area contributed by atoms with Gasteiger partial charge < -0.3 is 19.9 Å². The topological polar surface area (TPSA) is 84.9 Å². The van der Waals surface area contributed by atoms with E-state index in [4.69, 9.17) is 9.47 Å². The van der Waals surface area contributed by atoms with Crippen molar-refractivity contribution in [3.63, 3.8) is 0 Å². The molecule has 0 unspecified atom stereocenters. The summed E-state index contributed by atoms with van der Waals surface area (Å²) in [5, 5.41) is 11.9. The van der Waals surface area contributed by atoms with Crippen LogP contribution in [0, 0.1) is 6.92 Å². The lowest BCUT2D eigenvalue weighted by molar-refractivity contribution is -0.132. The first kappa shape index (κ1) is 20.0.